The molecule has 1 heteroatoms. The van der Waals surface area contributed by atoms with E-state index in [0.29, 0.717) is 6.10 Å². The molecule has 1 heterocycles. The number of aryl methyl sites for hydroxylation is 2. The number of allylic oxidation sites excluding steroid dienone is 1. The summed E-state index contributed by atoms with van der Waals surface area (Å²) in [5.74, 6) is 2.33. The summed E-state index contributed by atoms with van der Waals surface area (Å²) in [4.78, 5) is 0. The molecule has 1 aliphatic heterocycles. The Bertz CT molecular complexity index is 530. The van der Waals surface area contributed by atoms with Crippen LogP contribution >= 0.6 is 0 Å². The first-order valence-corrected chi connectivity index (χ1v) is 11.6. The number of rotatable bonds is 9. The molecule has 1 aromatic carbocycles. The lowest BCUT2D eigenvalue weighted by atomic mass is 9.77. The van der Waals surface area contributed by atoms with E-state index >= 15 is 0 Å². The molecule has 2 fully saturated rings. The van der Waals surface area contributed by atoms with Gasteiger partial charge in [0.2, 0.25) is 0 Å². The minimum Gasteiger partial charge on any atom is -0.378 e. The third kappa shape index (κ3) is 6.49. The summed E-state index contributed by atoms with van der Waals surface area (Å²) in [5, 5.41) is 0. The van der Waals surface area contributed by atoms with Crippen LogP contribution in [0.25, 0.3) is 0 Å². The topological polar surface area (TPSA) is 9.23 Å². The molecule has 0 N–H and O–H groups in total. The van der Waals surface area contributed by atoms with Crippen molar-refractivity contribution < 1.29 is 4.74 Å². The van der Waals surface area contributed by atoms with Gasteiger partial charge in [-0.05, 0) is 93.1 Å². The Morgan fingerprint density at radius 1 is 0.926 bits per heavy atom. The van der Waals surface area contributed by atoms with E-state index in [0.717, 1.165) is 24.4 Å². The van der Waals surface area contributed by atoms with E-state index in [1.54, 1.807) is 0 Å². The Labute approximate surface area is 167 Å². The molecule has 2 aliphatic rings. The lowest BCUT2D eigenvalue weighted by Crippen LogP contribution is -2.34. The van der Waals surface area contributed by atoms with Crippen LogP contribution in [0.15, 0.2) is 36.9 Å². The first kappa shape index (κ1) is 20.6. The summed E-state index contributed by atoms with van der Waals surface area (Å²) in [6, 6.07) is 9.40. The maximum Gasteiger partial charge on any atom is 0.0603 e. The maximum atomic E-state index is 6.34. The van der Waals surface area contributed by atoms with Gasteiger partial charge in [-0.15, -0.1) is 6.58 Å². The number of benzene rings is 1. The van der Waals surface area contributed by atoms with Gasteiger partial charge in [0.25, 0.3) is 0 Å². The van der Waals surface area contributed by atoms with Gasteiger partial charge < -0.3 is 4.74 Å². The van der Waals surface area contributed by atoms with E-state index in [1.807, 2.05) is 0 Å². The predicted octanol–water partition coefficient (Wildman–Crippen LogP) is 7.14. The summed E-state index contributed by atoms with van der Waals surface area (Å²) in [6.45, 7) is 7.23. The normalized spacial score (nSPS) is 28.8. The summed E-state index contributed by atoms with van der Waals surface area (Å²) in [6.07, 6.45) is 18.4. The van der Waals surface area contributed by atoms with Crippen LogP contribution < -0.4 is 0 Å². The lowest BCUT2D eigenvalue weighted by molar-refractivity contribution is -0.0581. The molecule has 1 saturated heterocycles. The molecular formula is C26H40O. The van der Waals surface area contributed by atoms with Crippen LogP contribution in [0.2, 0.25) is 0 Å². The molecule has 1 saturated carbocycles. The molecule has 0 spiro atoms. The fourth-order valence-electron chi connectivity index (χ4n) is 5.00. The van der Waals surface area contributed by atoms with Crippen molar-refractivity contribution in [2.24, 2.45) is 17.8 Å². The van der Waals surface area contributed by atoms with Crippen LogP contribution in [0, 0.1) is 17.8 Å². The number of hydrogen-bond donors (Lipinski definition) is 0. The van der Waals surface area contributed by atoms with Crippen LogP contribution in [-0.4, -0.2) is 12.7 Å². The number of ether oxygens (including phenoxy) is 1. The number of hydrogen-bond acceptors (Lipinski definition) is 1. The highest BCUT2D eigenvalue weighted by molar-refractivity contribution is 5.22. The zero-order valence-corrected chi connectivity index (χ0v) is 17.5. The molecule has 27 heavy (non-hydrogen) atoms. The van der Waals surface area contributed by atoms with Crippen LogP contribution in [0.4, 0.5) is 0 Å². The second-order valence-corrected chi connectivity index (χ2v) is 9.04. The monoisotopic (exact) mass is 368 g/mol. The van der Waals surface area contributed by atoms with E-state index in [4.69, 9.17) is 4.74 Å². The molecule has 3 rings (SSSR count). The third-order valence-electron chi connectivity index (χ3n) is 7.01. The molecule has 2 unspecified atom stereocenters. The molecule has 0 bridgehead atoms. The average molecular weight is 369 g/mol. The van der Waals surface area contributed by atoms with Crippen molar-refractivity contribution in [1.29, 1.82) is 0 Å². The van der Waals surface area contributed by atoms with Gasteiger partial charge in [-0.25, -0.2) is 0 Å². The predicted molar refractivity (Wildman–Crippen MR) is 116 cm³/mol. The fraction of sp³-hybridized carbons (Fsp3) is 0.692. The Hall–Kier alpha value is -1.08. The van der Waals surface area contributed by atoms with Crippen LogP contribution in [-0.2, 0) is 17.6 Å². The molecule has 0 aromatic heterocycles. The SMILES string of the molecule is C=CC1CCC(C2CCC(CCc3ccc(CCCCC)cc3)CO2)CC1. The van der Waals surface area contributed by atoms with Gasteiger partial charge in [-0.3, -0.25) is 0 Å². The molecule has 1 aliphatic carbocycles. The maximum absolute atomic E-state index is 6.34. The van der Waals surface area contributed by atoms with Crippen LogP contribution in [0.5, 0.6) is 0 Å². The second kappa shape index (κ2) is 11.1. The third-order valence-corrected chi connectivity index (χ3v) is 7.01. The summed E-state index contributed by atoms with van der Waals surface area (Å²) >= 11 is 0. The summed E-state index contributed by atoms with van der Waals surface area (Å²) < 4.78 is 6.34. The van der Waals surface area contributed by atoms with Crippen molar-refractivity contribution >= 4 is 0 Å². The highest BCUT2D eigenvalue weighted by Crippen LogP contribution is 2.36. The van der Waals surface area contributed by atoms with E-state index in [9.17, 15) is 0 Å². The van der Waals surface area contributed by atoms with Gasteiger partial charge >= 0.3 is 0 Å². The van der Waals surface area contributed by atoms with E-state index in [1.165, 1.54) is 88.2 Å². The molecule has 0 radical (unpaired) electrons. The standard InChI is InChI=1S/C26H40O/c1-3-5-6-7-22-8-10-23(11-9-22)12-13-24-16-19-26(27-20-24)25-17-14-21(4-2)15-18-25/h4,8-11,21,24-26H,2-3,5-7,12-20H2,1H3. The minimum atomic E-state index is 0.536. The van der Waals surface area contributed by atoms with Gasteiger partial charge in [0.1, 0.15) is 0 Å². The Morgan fingerprint density at radius 3 is 2.22 bits per heavy atom. The summed E-state index contributed by atoms with van der Waals surface area (Å²) in [7, 11) is 0. The average Bonchev–Trinajstić information content (AvgIpc) is 2.74. The Morgan fingerprint density at radius 2 is 1.63 bits per heavy atom. The largest absolute Gasteiger partial charge is 0.378 e. The van der Waals surface area contributed by atoms with Crippen LogP contribution in [0.1, 0.15) is 82.3 Å². The van der Waals surface area contributed by atoms with E-state index in [2.05, 4.69) is 43.8 Å². The first-order chi connectivity index (χ1) is 13.3. The zero-order valence-electron chi connectivity index (χ0n) is 17.5. The first-order valence-electron chi connectivity index (χ1n) is 11.6. The quantitative estimate of drug-likeness (QED) is 0.332. The lowest BCUT2D eigenvalue weighted by Gasteiger charge is -2.37. The van der Waals surface area contributed by atoms with Gasteiger partial charge in [0.15, 0.2) is 0 Å². The fourth-order valence-corrected chi connectivity index (χ4v) is 5.00. The molecule has 150 valence electrons. The van der Waals surface area contributed by atoms with Crippen molar-refractivity contribution in [2.75, 3.05) is 6.61 Å². The molecule has 1 nitrogen and oxygen atoms in total. The number of unbranched alkanes of at least 4 members (excludes halogenated alkanes) is 2. The second-order valence-electron chi connectivity index (χ2n) is 9.04. The van der Waals surface area contributed by atoms with Crippen molar-refractivity contribution in [2.45, 2.75) is 90.1 Å². The van der Waals surface area contributed by atoms with Gasteiger partial charge in [0.05, 0.1) is 6.10 Å². The van der Waals surface area contributed by atoms with Gasteiger partial charge in [-0.1, -0.05) is 50.1 Å². The molecular weight excluding hydrogens is 328 g/mol. The van der Waals surface area contributed by atoms with Crippen LogP contribution in [0.3, 0.4) is 0 Å². The Balaban J connectivity index is 1.34. The summed E-state index contributed by atoms with van der Waals surface area (Å²) in [5.41, 5.74) is 3.00. The van der Waals surface area contributed by atoms with Crippen molar-refractivity contribution in [3.8, 4) is 0 Å². The van der Waals surface area contributed by atoms with Crippen molar-refractivity contribution in [1.82, 2.24) is 0 Å². The van der Waals surface area contributed by atoms with Gasteiger partial charge in [-0.2, -0.15) is 0 Å². The Kier molecular flexibility index (Phi) is 8.45. The molecule has 0 amide bonds. The molecule has 2 atom stereocenters. The van der Waals surface area contributed by atoms with E-state index < -0.39 is 0 Å². The zero-order chi connectivity index (χ0) is 18.9. The van der Waals surface area contributed by atoms with Gasteiger partial charge in [0, 0.05) is 6.61 Å². The minimum absolute atomic E-state index is 0.536. The highest BCUT2D eigenvalue weighted by Gasteiger charge is 2.30. The highest BCUT2D eigenvalue weighted by atomic mass is 16.5. The smallest absolute Gasteiger partial charge is 0.0603 e. The molecule has 1 aromatic rings. The van der Waals surface area contributed by atoms with E-state index in [-0.39, 0.29) is 0 Å². The van der Waals surface area contributed by atoms with Crippen molar-refractivity contribution in [3.63, 3.8) is 0 Å². The van der Waals surface area contributed by atoms with Crippen molar-refractivity contribution in [3.05, 3.63) is 48.0 Å².